The summed E-state index contributed by atoms with van der Waals surface area (Å²) in [5.41, 5.74) is 4.09. The van der Waals surface area contributed by atoms with E-state index in [4.69, 9.17) is 10.5 Å². The maximum atomic E-state index is 12.6. The summed E-state index contributed by atoms with van der Waals surface area (Å²) in [5.74, 6) is -1.13. The summed E-state index contributed by atoms with van der Waals surface area (Å²) in [7, 11) is -17.6. The molecule has 3 heterocycles. The van der Waals surface area contributed by atoms with Gasteiger partial charge < -0.3 is 69.0 Å². The Kier molecular flexibility index (Phi) is 23.4. The number of phosphoric acid groups is 3. The van der Waals surface area contributed by atoms with Crippen molar-refractivity contribution in [2.45, 2.75) is 141 Å². The van der Waals surface area contributed by atoms with E-state index in [9.17, 15) is 57.9 Å². The Morgan fingerprint density at radius 3 is 2.14 bits per heavy atom. The van der Waals surface area contributed by atoms with Gasteiger partial charge in [-0.3, -0.25) is 28.1 Å². The molecule has 1 aliphatic heterocycles. The number of nitrogens with two attached hydrogens (primary N) is 1. The van der Waals surface area contributed by atoms with Gasteiger partial charge >= 0.3 is 0 Å². The second-order valence-corrected chi connectivity index (χ2v) is 21.1. The summed E-state index contributed by atoms with van der Waals surface area (Å²) in [6.07, 6.45) is 7.38. The van der Waals surface area contributed by atoms with Gasteiger partial charge in [0, 0.05) is 37.1 Å². The third-order valence-electron chi connectivity index (χ3n) is 9.97. The molecule has 366 valence electrons. The molecule has 64 heavy (non-hydrogen) atoms. The first-order valence-electron chi connectivity index (χ1n) is 21.0. The normalized spacial score (nSPS) is 20.5. The number of imidazole rings is 1. The molecule has 6 N–H and O–H groups in total. The maximum Gasteiger partial charge on any atom is 0.274 e. The quantitative estimate of drug-likeness (QED) is 0.0508. The van der Waals surface area contributed by atoms with Gasteiger partial charge in [0.2, 0.25) is 11.8 Å². The van der Waals surface area contributed by atoms with Gasteiger partial charge in [-0.1, -0.05) is 103 Å². The number of ether oxygens (including phenoxy) is 1. The van der Waals surface area contributed by atoms with Crippen LogP contribution in [0.15, 0.2) is 12.7 Å². The van der Waals surface area contributed by atoms with E-state index in [1.807, 2.05) is 0 Å². The number of phosphoric ester groups is 3. The topological polar surface area (TPSA) is 375 Å². The fraction of sp³-hybridized carbons (Fsp3) is 0.778. The van der Waals surface area contributed by atoms with Crippen molar-refractivity contribution in [3.05, 3.63) is 12.7 Å². The van der Waals surface area contributed by atoms with Crippen molar-refractivity contribution in [2.75, 3.05) is 37.8 Å². The number of thioether (sulfide) groups is 1. The highest BCUT2D eigenvalue weighted by molar-refractivity contribution is 8.13. The summed E-state index contributed by atoms with van der Waals surface area (Å²) < 4.78 is 60.8. The first-order valence-corrected chi connectivity index (χ1v) is 26.4. The van der Waals surface area contributed by atoms with E-state index in [0.29, 0.717) is 12.2 Å². The average Bonchev–Trinajstić information content (AvgIpc) is 3.78. The molecule has 1 aliphatic rings. The second-order valence-electron chi connectivity index (χ2n) is 15.8. The molecule has 2 aromatic heterocycles. The number of fused-ring (bicyclic) bond motifs is 1. The van der Waals surface area contributed by atoms with Crippen molar-refractivity contribution in [1.82, 2.24) is 30.2 Å². The fourth-order valence-electron chi connectivity index (χ4n) is 6.45. The van der Waals surface area contributed by atoms with Gasteiger partial charge in [-0.25, -0.2) is 19.3 Å². The molecule has 2 aromatic rings. The summed E-state index contributed by atoms with van der Waals surface area (Å²) in [5, 5.41) is 26.4. The number of nitrogens with one attached hydrogen (secondary N) is 2. The number of unbranched alkanes of at least 4 members (excludes halogenated alkanes) is 11. The van der Waals surface area contributed by atoms with Crippen molar-refractivity contribution in [1.29, 1.82) is 0 Å². The van der Waals surface area contributed by atoms with Gasteiger partial charge in [0.1, 0.15) is 36.3 Å². The number of hydrogen-bond acceptors (Lipinski definition) is 22. The number of hydrogen-bond donors (Lipinski definition) is 5. The van der Waals surface area contributed by atoms with Crippen LogP contribution in [0.3, 0.4) is 0 Å². The Hall–Kier alpha value is -2.44. The van der Waals surface area contributed by atoms with Gasteiger partial charge in [0.05, 0.1) is 27.4 Å². The Bertz CT molecular complexity index is 1940. The standard InChI is InChI=1S/C36H64N7O17P3S/c1-4-5-6-7-8-9-10-11-12-13-14-15-16-27(45)64-20-19-38-26(44)17-18-39-34(48)31(47)36(2,3)22-57-63(54,55)60-62(52,53)56-21-25-30(59-61(49,50)51)29(46)35(58-25)43-24-42-28-32(37)40-23-41-33(28)43/h23-25,29-31,35,46-47H,4-22H2,1-3H3,(H,38,44)(H,39,48)(H,52,53)(H,54,55)(H2,37,40,41)(H2,49,50,51)/p-4/t25-,29-,30-,31+,35-/m1/s1. The van der Waals surface area contributed by atoms with Crippen LogP contribution in [0, 0.1) is 5.41 Å². The van der Waals surface area contributed by atoms with E-state index < -0.39 is 84.6 Å². The van der Waals surface area contributed by atoms with Crippen LogP contribution in [0.2, 0.25) is 0 Å². The maximum absolute atomic E-state index is 12.6. The largest absolute Gasteiger partial charge is 0.790 e. The van der Waals surface area contributed by atoms with Crippen LogP contribution in [0.1, 0.15) is 117 Å². The lowest BCUT2D eigenvalue weighted by atomic mass is 9.87. The van der Waals surface area contributed by atoms with Gasteiger partial charge in [-0.2, -0.15) is 0 Å². The van der Waals surface area contributed by atoms with E-state index in [1.165, 1.54) is 71.6 Å². The van der Waals surface area contributed by atoms with Crippen LogP contribution in [0.4, 0.5) is 5.82 Å². The molecule has 0 aliphatic carbocycles. The Morgan fingerprint density at radius 1 is 0.906 bits per heavy atom. The molecule has 1 fully saturated rings. The van der Waals surface area contributed by atoms with Crippen LogP contribution in [0.25, 0.3) is 11.2 Å². The first kappa shape index (κ1) is 55.9. The Balaban J connectivity index is 1.34. The average molecular weight is 988 g/mol. The fourth-order valence-corrected chi connectivity index (χ4v) is 9.91. The van der Waals surface area contributed by atoms with Gasteiger partial charge in [-0.05, 0) is 6.42 Å². The third-order valence-corrected chi connectivity index (χ3v) is 13.9. The SMILES string of the molecule is CCCCCCCCCCCCCCC(=O)SCCNC(=O)CCNC(=O)[C@H](O)C(C)(C)COP(=O)([O-])OP(=O)([O-])OC[C@H]1O[C@@H](n2cnc3c(N)ncnc32)[C@H](O)[C@@H]1OP(=O)([O-])[O-]. The van der Waals surface area contributed by atoms with E-state index in [-0.39, 0.29) is 41.6 Å². The van der Waals surface area contributed by atoms with Crippen molar-refractivity contribution in [2.24, 2.45) is 5.41 Å². The van der Waals surface area contributed by atoms with Crippen molar-refractivity contribution in [3.8, 4) is 0 Å². The molecule has 0 spiro atoms. The van der Waals surface area contributed by atoms with Crippen LogP contribution in [-0.4, -0.2) is 103 Å². The number of anilines is 1. The molecule has 7 atom stereocenters. The summed E-state index contributed by atoms with van der Waals surface area (Å²) >= 11 is 1.14. The third kappa shape index (κ3) is 19.8. The lowest BCUT2D eigenvalue weighted by molar-refractivity contribution is -0.347. The number of carbonyl (C=O) groups is 3. The van der Waals surface area contributed by atoms with E-state index in [2.05, 4.69) is 50.4 Å². The van der Waals surface area contributed by atoms with Gasteiger partial charge in [0.25, 0.3) is 15.6 Å². The molecule has 0 saturated carbocycles. The van der Waals surface area contributed by atoms with Crippen LogP contribution in [0.5, 0.6) is 0 Å². The van der Waals surface area contributed by atoms with E-state index in [0.717, 1.165) is 48.2 Å². The van der Waals surface area contributed by atoms with Crippen LogP contribution >= 0.6 is 35.2 Å². The minimum absolute atomic E-state index is 0.0182. The molecular formula is C36H60N7O17P3S-4. The smallest absolute Gasteiger partial charge is 0.274 e. The number of aliphatic hydroxyl groups excluding tert-OH is 2. The zero-order chi connectivity index (χ0) is 47.6. The number of aliphatic hydroxyl groups is 2. The molecule has 0 aromatic carbocycles. The molecule has 1 saturated heterocycles. The molecule has 3 rings (SSSR count). The van der Waals surface area contributed by atoms with Crippen LogP contribution in [-0.2, 0) is 50.7 Å². The highest BCUT2D eigenvalue weighted by Crippen LogP contribution is 2.56. The molecule has 0 radical (unpaired) electrons. The molecule has 0 bridgehead atoms. The number of rotatable bonds is 32. The van der Waals surface area contributed by atoms with Crippen molar-refractivity contribution < 1.29 is 80.5 Å². The second kappa shape index (κ2) is 26.8. The predicted octanol–water partition coefficient (Wildman–Crippen LogP) is 1.23. The predicted molar refractivity (Wildman–Crippen MR) is 224 cm³/mol. The number of nitrogen functional groups attached to an aromatic ring is 1. The zero-order valence-corrected chi connectivity index (χ0v) is 39.6. The van der Waals surface area contributed by atoms with Crippen molar-refractivity contribution in [3.63, 3.8) is 0 Å². The number of carbonyl (C=O) groups excluding carboxylic acids is 3. The number of amides is 2. The Labute approximate surface area is 376 Å². The Morgan fingerprint density at radius 2 is 1.52 bits per heavy atom. The lowest BCUT2D eigenvalue weighted by Crippen LogP contribution is -2.46. The summed E-state index contributed by atoms with van der Waals surface area (Å²) in [6.45, 7) is 2.40. The molecule has 2 unspecified atom stereocenters. The molecular weight excluding hydrogens is 927 g/mol. The van der Waals surface area contributed by atoms with E-state index in [1.54, 1.807) is 0 Å². The van der Waals surface area contributed by atoms with E-state index >= 15 is 0 Å². The monoisotopic (exact) mass is 987 g/mol. The lowest BCUT2D eigenvalue weighted by Gasteiger charge is -2.36. The van der Waals surface area contributed by atoms with Crippen molar-refractivity contribution >= 4 is 69.1 Å². The van der Waals surface area contributed by atoms with Crippen LogP contribution < -0.4 is 35.9 Å². The zero-order valence-electron chi connectivity index (χ0n) is 36.1. The number of nitrogens with zero attached hydrogens (tertiary/aromatic N) is 4. The highest BCUT2D eigenvalue weighted by atomic mass is 32.2. The van der Waals surface area contributed by atoms with Gasteiger partial charge in [-0.15, -0.1) is 0 Å². The molecule has 24 nitrogen and oxygen atoms in total. The molecule has 2 amide bonds. The minimum Gasteiger partial charge on any atom is -0.790 e. The highest BCUT2D eigenvalue weighted by Gasteiger charge is 2.47. The number of aromatic nitrogens is 4. The summed E-state index contributed by atoms with van der Waals surface area (Å²) in [4.78, 5) is 96.7. The summed E-state index contributed by atoms with van der Waals surface area (Å²) in [6, 6.07) is 0. The van der Waals surface area contributed by atoms with Gasteiger partial charge in [0.15, 0.2) is 22.8 Å². The minimum atomic E-state index is -5.92. The molecule has 28 heteroatoms. The first-order chi connectivity index (χ1) is 30.1.